The van der Waals surface area contributed by atoms with Gasteiger partial charge < -0.3 is 5.73 Å². The number of hydrogen-bond acceptors (Lipinski definition) is 1. The molecule has 0 fully saturated rings. The Morgan fingerprint density at radius 2 is 1.46 bits per heavy atom. The summed E-state index contributed by atoms with van der Waals surface area (Å²) in [5.41, 5.74) is 5.96. The molecule has 1 unspecified atom stereocenters. The molecule has 0 radical (unpaired) electrons. The first kappa shape index (κ1) is 13.0. The SMILES string of the molecule is CCCCCCCCC(N)C(C)C. The summed E-state index contributed by atoms with van der Waals surface area (Å²) < 4.78 is 0. The molecule has 0 aliphatic carbocycles. The summed E-state index contributed by atoms with van der Waals surface area (Å²) in [6.07, 6.45) is 9.46. The smallest absolute Gasteiger partial charge is 0.00618 e. The Morgan fingerprint density at radius 3 is 2.00 bits per heavy atom. The van der Waals surface area contributed by atoms with Crippen molar-refractivity contribution in [1.82, 2.24) is 0 Å². The van der Waals surface area contributed by atoms with E-state index in [1.807, 2.05) is 0 Å². The normalized spacial score (nSPS) is 13.6. The molecule has 0 saturated carbocycles. The van der Waals surface area contributed by atoms with Crippen LogP contribution in [0.1, 0.15) is 65.7 Å². The summed E-state index contributed by atoms with van der Waals surface area (Å²) in [6.45, 7) is 6.68. The molecule has 13 heavy (non-hydrogen) atoms. The molecule has 0 aromatic carbocycles. The Labute approximate surface area is 84.1 Å². The van der Waals surface area contributed by atoms with E-state index in [0.29, 0.717) is 12.0 Å². The topological polar surface area (TPSA) is 26.0 Å². The molecule has 0 spiro atoms. The van der Waals surface area contributed by atoms with Gasteiger partial charge in [-0.15, -0.1) is 0 Å². The molecule has 0 amide bonds. The molecular formula is C12H27N. The predicted octanol–water partition coefficient (Wildman–Crippen LogP) is 3.72. The Morgan fingerprint density at radius 1 is 0.923 bits per heavy atom. The minimum absolute atomic E-state index is 0.422. The third-order valence-electron chi connectivity index (χ3n) is 2.75. The molecule has 0 aliphatic rings. The molecule has 1 heteroatoms. The Kier molecular flexibility index (Phi) is 8.53. The van der Waals surface area contributed by atoms with Gasteiger partial charge in [-0.05, 0) is 12.3 Å². The van der Waals surface area contributed by atoms with Gasteiger partial charge in [0.15, 0.2) is 0 Å². The summed E-state index contributed by atoms with van der Waals surface area (Å²) in [5, 5.41) is 0. The Bertz CT molecular complexity index is 99.3. The highest BCUT2D eigenvalue weighted by molar-refractivity contribution is 4.64. The maximum atomic E-state index is 5.96. The molecule has 1 nitrogen and oxygen atoms in total. The Hall–Kier alpha value is -0.0400. The summed E-state index contributed by atoms with van der Waals surface area (Å²) in [5.74, 6) is 0.649. The third kappa shape index (κ3) is 8.29. The quantitative estimate of drug-likeness (QED) is 0.573. The summed E-state index contributed by atoms with van der Waals surface area (Å²) in [6, 6.07) is 0.422. The lowest BCUT2D eigenvalue weighted by Gasteiger charge is -2.14. The fourth-order valence-electron chi connectivity index (χ4n) is 1.49. The minimum Gasteiger partial charge on any atom is -0.327 e. The van der Waals surface area contributed by atoms with E-state index in [1.54, 1.807) is 0 Å². The first-order chi connectivity index (χ1) is 6.18. The molecule has 0 heterocycles. The maximum absolute atomic E-state index is 5.96. The lowest BCUT2D eigenvalue weighted by atomic mass is 9.98. The van der Waals surface area contributed by atoms with Gasteiger partial charge in [0.05, 0.1) is 0 Å². The summed E-state index contributed by atoms with van der Waals surface area (Å²) >= 11 is 0. The van der Waals surface area contributed by atoms with Crippen molar-refractivity contribution < 1.29 is 0 Å². The summed E-state index contributed by atoms with van der Waals surface area (Å²) in [7, 11) is 0. The standard InChI is InChI=1S/C12H27N/c1-4-5-6-7-8-9-10-12(13)11(2)3/h11-12H,4-10,13H2,1-3H3. The predicted molar refractivity (Wildman–Crippen MR) is 60.8 cm³/mol. The van der Waals surface area contributed by atoms with E-state index in [9.17, 15) is 0 Å². The van der Waals surface area contributed by atoms with Crippen LogP contribution >= 0.6 is 0 Å². The highest BCUT2D eigenvalue weighted by Gasteiger charge is 2.05. The number of rotatable bonds is 8. The van der Waals surface area contributed by atoms with Crippen molar-refractivity contribution in [2.45, 2.75) is 71.8 Å². The van der Waals surface area contributed by atoms with Crippen LogP contribution in [-0.4, -0.2) is 6.04 Å². The zero-order valence-corrected chi connectivity index (χ0v) is 9.68. The van der Waals surface area contributed by atoms with Crippen LogP contribution in [0.4, 0.5) is 0 Å². The van der Waals surface area contributed by atoms with Crippen molar-refractivity contribution in [3.8, 4) is 0 Å². The third-order valence-corrected chi connectivity index (χ3v) is 2.75. The van der Waals surface area contributed by atoms with Crippen molar-refractivity contribution in [3.05, 3.63) is 0 Å². The van der Waals surface area contributed by atoms with Gasteiger partial charge in [-0.1, -0.05) is 59.3 Å². The average molecular weight is 185 g/mol. The second-order valence-corrected chi connectivity index (χ2v) is 4.46. The van der Waals surface area contributed by atoms with E-state index in [2.05, 4.69) is 20.8 Å². The van der Waals surface area contributed by atoms with E-state index < -0.39 is 0 Å². The van der Waals surface area contributed by atoms with Gasteiger partial charge in [-0.2, -0.15) is 0 Å². The first-order valence-electron chi connectivity index (χ1n) is 5.94. The van der Waals surface area contributed by atoms with Crippen molar-refractivity contribution >= 4 is 0 Å². The van der Waals surface area contributed by atoms with E-state index in [0.717, 1.165) is 0 Å². The average Bonchev–Trinajstić information content (AvgIpc) is 2.10. The molecule has 0 aliphatic heterocycles. The van der Waals surface area contributed by atoms with Gasteiger partial charge in [0.2, 0.25) is 0 Å². The monoisotopic (exact) mass is 185 g/mol. The molecule has 0 aromatic heterocycles. The molecule has 0 rings (SSSR count). The van der Waals surface area contributed by atoms with Crippen LogP contribution in [0, 0.1) is 5.92 Å². The fourth-order valence-corrected chi connectivity index (χ4v) is 1.49. The van der Waals surface area contributed by atoms with Crippen molar-refractivity contribution in [2.24, 2.45) is 11.7 Å². The van der Waals surface area contributed by atoms with Gasteiger partial charge in [-0.3, -0.25) is 0 Å². The van der Waals surface area contributed by atoms with Gasteiger partial charge in [0.25, 0.3) is 0 Å². The highest BCUT2D eigenvalue weighted by atomic mass is 14.6. The molecule has 0 bridgehead atoms. The van der Waals surface area contributed by atoms with Crippen LogP contribution in [0.25, 0.3) is 0 Å². The largest absolute Gasteiger partial charge is 0.327 e. The number of unbranched alkanes of at least 4 members (excludes halogenated alkanes) is 5. The zero-order chi connectivity index (χ0) is 10.1. The minimum atomic E-state index is 0.422. The van der Waals surface area contributed by atoms with Crippen molar-refractivity contribution in [3.63, 3.8) is 0 Å². The Balaban J connectivity index is 3.07. The highest BCUT2D eigenvalue weighted by Crippen LogP contribution is 2.11. The van der Waals surface area contributed by atoms with Crippen LogP contribution in [0.3, 0.4) is 0 Å². The van der Waals surface area contributed by atoms with Crippen LogP contribution in [-0.2, 0) is 0 Å². The maximum Gasteiger partial charge on any atom is 0.00618 e. The lowest BCUT2D eigenvalue weighted by molar-refractivity contribution is 0.439. The van der Waals surface area contributed by atoms with E-state index >= 15 is 0 Å². The molecule has 2 N–H and O–H groups in total. The van der Waals surface area contributed by atoms with E-state index in [-0.39, 0.29) is 0 Å². The first-order valence-corrected chi connectivity index (χ1v) is 5.94. The van der Waals surface area contributed by atoms with E-state index in [4.69, 9.17) is 5.73 Å². The molecule has 80 valence electrons. The van der Waals surface area contributed by atoms with Gasteiger partial charge in [0.1, 0.15) is 0 Å². The van der Waals surface area contributed by atoms with Crippen molar-refractivity contribution in [1.29, 1.82) is 0 Å². The second-order valence-electron chi connectivity index (χ2n) is 4.46. The van der Waals surface area contributed by atoms with Gasteiger partial charge in [0, 0.05) is 6.04 Å². The lowest BCUT2D eigenvalue weighted by Crippen LogP contribution is -2.25. The van der Waals surface area contributed by atoms with Crippen LogP contribution in [0.5, 0.6) is 0 Å². The van der Waals surface area contributed by atoms with Crippen LogP contribution < -0.4 is 5.73 Å². The molecule has 0 saturated heterocycles. The number of hydrogen-bond donors (Lipinski definition) is 1. The number of nitrogens with two attached hydrogens (primary N) is 1. The molecule has 1 atom stereocenters. The fraction of sp³-hybridized carbons (Fsp3) is 1.00. The van der Waals surface area contributed by atoms with Crippen molar-refractivity contribution in [2.75, 3.05) is 0 Å². The van der Waals surface area contributed by atoms with Crippen LogP contribution in [0.2, 0.25) is 0 Å². The van der Waals surface area contributed by atoms with Gasteiger partial charge >= 0.3 is 0 Å². The van der Waals surface area contributed by atoms with E-state index in [1.165, 1.54) is 44.9 Å². The second kappa shape index (κ2) is 8.55. The van der Waals surface area contributed by atoms with Crippen LogP contribution in [0.15, 0.2) is 0 Å². The zero-order valence-electron chi connectivity index (χ0n) is 9.68. The summed E-state index contributed by atoms with van der Waals surface area (Å²) in [4.78, 5) is 0. The van der Waals surface area contributed by atoms with Gasteiger partial charge in [-0.25, -0.2) is 0 Å². The molecular weight excluding hydrogens is 158 g/mol. The molecule has 0 aromatic rings.